The van der Waals surface area contributed by atoms with E-state index in [1.165, 1.54) is 7.05 Å². The van der Waals surface area contributed by atoms with Crippen LogP contribution in [0.3, 0.4) is 0 Å². The topological polar surface area (TPSA) is 46.2 Å². The van der Waals surface area contributed by atoms with Gasteiger partial charge in [-0.25, -0.2) is 13.1 Å². The summed E-state index contributed by atoms with van der Waals surface area (Å²) in [5.74, 6) is 0. The fourth-order valence-corrected chi connectivity index (χ4v) is 2.71. The van der Waals surface area contributed by atoms with Gasteiger partial charge in [-0.05, 0) is 36.2 Å². The van der Waals surface area contributed by atoms with Crippen LogP contribution in [-0.2, 0) is 15.4 Å². The molecule has 5 heteroatoms. The summed E-state index contributed by atoms with van der Waals surface area (Å²) in [5.41, 5.74) is 0.901. The third kappa shape index (κ3) is 3.06. The quantitative estimate of drug-likeness (QED) is 0.913. The highest BCUT2D eigenvalue weighted by atomic mass is 79.9. The third-order valence-electron chi connectivity index (χ3n) is 2.32. The first-order chi connectivity index (χ1) is 7.16. The van der Waals surface area contributed by atoms with Crippen LogP contribution in [0.15, 0.2) is 27.6 Å². The minimum atomic E-state index is -3.38. The second kappa shape index (κ2) is 4.47. The molecule has 0 amide bonds. The third-order valence-corrected chi connectivity index (χ3v) is 4.17. The van der Waals surface area contributed by atoms with E-state index in [-0.39, 0.29) is 10.3 Å². The van der Waals surface area contributed by atoms with Crippen LogP contribution in [0.1, 0.15) is 26.3 Å². The van der Waals surface area contributed by atoms with Crippen molar-refractivity contribution in [1.29, 1.82) is 0 Å². The summed E-state index contributed by atoms with van der Waals surface area (Å²) in [6.07, 6.45) is 0. The zero-order chi connectivity index (χ0) is 12.6. The van der Waals surface area contributed by atoms with Gasteiger partial charge >= 0.3 is 0 Å². The molecule has 0 spiro atoms. The van der Waals surface area contributed by atoms with Crippen molar-refractivity contribution in [2.24, 2.45) is 0 Å². The van der Waals surface area contributed by atoms with E-state index in [1.807, 2.05) is 26.8 Å². The van der Waals surface area contributed by atoms with Crippen molar-refractivity contribution >= 4 is 26.0 Å². The SMILES string of the molecule is CNS(=O)(=O)c1cc(Br)cc(C(C)(C)C)c1. The Bertz CT molecular complexity index is 489. The number of benzene rings is 1. The number of hydrogen-bond acceptors (Lipinski definition) is 2. The van der Waals surface area contributed by atoms with E-state index < -0.39 is 10.0 Å². The molecule has 0 saturated carbocycles. The lowest BCUT2D eigenvalue weighted by Crippen LogP contribution is -2.20. The maximum Gasteiger partial charge on any atom is 0.240 e. The molecule has 0 aromatic heterocycles. The Balaban J connectivity index is 3.41. The summed E-state index contributed by atoms with van der Waals surface area (Å²) in [6, 6.07) is 5.24. The lowest BCUT2D eigenvalue weighted by Gasteiger charge is -2.20. The van der Waals surface area contributed by atoms with Gasteiger partial charge < -0.3 is 0 Å². The average molecular weight is 306 g/mol. The summed E-state index contributed by atoms with van der Waals surface area (Å²) >= 11 is 3.33. The van der Waals surface area contributed by atoms with Gasteiger partial charge in [0.2, 0.25) is 10.0 Å². The van der Waals surface area contributed by atoms with Gasteiger partial charge in [0.25, 0.3) is 0 Å². The lowest BCUT2D eigenvalue weighted by molar-refractivity contribution is 0.580. The van der Waals surface area contributed by atoms with Gasteiger partial charge in [0.05, 0.1) is 4.90 Å². The van der Waals surface area contributed by atoms with Crippen LogP contribution >= 0.6 is 15.9 Å². The molecule has 0 aliphatic heterocycles. The first-order valence-corrected chi connectivity index (χ1v) is 7.19. The Labute approximate surface area is 105 Å². The fourth-order valence-electron chi connectivity index (χ4n) is 1.27. The highest BCUT2D eigenvalue weighted by Gasteiger charge is 2.19. The molecular formula is C11H16BrNO2S. The molecule has 0 radical (unpaired) electrons. The minimum Gasteiger partial charge on any atom is -0.214 e. The summed E-state index contributed by atoms with van der Waals surface area (Å²) in [7, 11) is -1.97. The van der Waals surface area contributed by atoms with Gasteiger partial charge in [-0.3, -0.25) is 0 Å². The largest absolute Gasteiger partial charge is 0.240 e. The zero-order valence-corrected chi connectivity index (χ0v) is 12.2. The Morgan fingerprint density at radius 3 is 2.19 bits per heavy atom. The molecule has 1 aromatic carbocycles. The minimum absolute atomic E-state index is 0.0816. The Kier molecular flexibility index (Phi) is 3.82. The molecule has 1 rings (SSSR count). The van der Waals surface area contributed by atoms with Gasteiger partial charge in [-0.2, -0.15) is 0 Å². The summed E-state index contributed by atoms with van der Waals surface area (Å²) in [6.45, 7) is 6.14. The standard InChI is InChI=1S/C11H16BrNO2S/c1-11(2,3)8-5-9(12)7-10(6-8)16(14,15)13-4/h5-7,13H,1-4H3. The molecular weight excluding hydrogens is 290 g/mol. The average Bonchev–Trinajstić information content (AvgIpc) is 2.15. The first kappa shape index (κ1) is 13.7. The first-order valence-electron chi connectivity index (χ1n) is 4.91. The van der Waals surface area contributed by atoms with Crippen LogP contribution in [0.5, 0.6) is 0 Å². The highest BCUT2D eigenvalue weighted by molar-refractivity contribution is 9.10. The normalized spacial score (nSPS) is 12.8. The van der Waals surface area contributed by atoms with Crippen molar-refractivity contribution in [3.8, 4) is 0 Å². The predicted molar refractivity (Wildman–Crippen MR) is 69.1 cm³/mol. The maximum atomic E-state index is 11.7. The van der Waals surface area contributed by atoms with E-state index in [9.17, 15) is 8.42 Å². The lowest BCUT2D eigenvalue weighted by atomic mass is 9.87. The van der Waals surface area contributed by atoms with Crippen molar-refractivity contribution in [3.05, 3.63) is 28.2 Å². The molecule has 0 atom stereocenters. The second-order valence-electron chi connectivity index (χ2n) is 4.63. The van der Waals surface area contributed by atoms with Crippen LogP contribution in [0.4, 0.5) is 0 Å². The van der Waals surface area contributed by atoms with Crippen molar-refractivity contribution in [2.45, 2.75) is 31.1 Å². The van der Waals surface area contributed by atoms with Crippen molar-refractivity contribution in [3.63, 3.8) is 0 Å². The van der Waals surface area contributed by atoms with Crippen molar-refractivity contribution < 1.29 is 8.42 Å². The summed E-state index contributed by atoms with van der Waals surface area (Å²) in [4.78, 5) is 0.286. The number of sulfonamides is 1. The highest BCUT2D eigenvalue weighted by Crippen LogP contribution is 2.28. The van der Waals surface area contributed by atoms with E-state index >= 15 is 0 Å². The van der Waals surface area contributed by atoms with Crippen LogP contribution < -0.4 is 4.72 Å². The number of rotatable bonds is 2. The van der Waals surface area contributed by atoms with Crippen LogP contribution in [0.2, 0.25) is 0 Å². The molecule has 90 valence electrons. The van der Waals surface area contributed by atoms with Crippen LogP contribution in [0, 0.1) is 0 Å². The van der Waals surface area contributed by atoms with Crippen LogP contribution in [0.25, 0.3) is 0 Å². The maximum absolute atomic E-state index is 11.7. The van der Waals surface area contributed by atoms with Gasteiger partial charge in [-0.1, -0.05) is 36.7 Å². The van der Waals surface area contributed by atoms with E-state index in [1.54, 1.807) is 12.1 Å². The molecule has 0 heterocycles. The molecule has 0 aliphatic carbocycles. The summed E-state index contributed by atoms with van der Waals surface area (Å²) in [5, 5.41) is 0. The second-order valence-corrected chi connectivity index (χ2v) is 7.44. The van der Waals surface area contributed by atoms with Crippen molar-refractivity contribution in [2.75, 3.05) is 7.05 Å². The molecule has 0 aliphatic rings. The van der Waals surface area contributed by atoms with Crippen LogP contribution in [-0.4, -0.2) is 15.5 Å². The molecule has 0 unspecified atom stereocenters. The molecule has 0 fully saturated rings. The molecule has 1 aromatic rings. The van der Waals surface area contributed by atoms with Gasteiger partial charge in [0.1, 0.15) is 0 Å². The van der Waals surface area contributed by atoms with Gasteiger partial charge in [0.15, 0.2) is 0 Å². The number of nitrogens with one attached hydrogen (secondary N) is 1. The molecule has 0 saturated heterocycles. The van der Waals surface area contributed by atoms with Gasteiger partial charge in [0, 0.05) is 4.47 Å². The molecule has 3 nitrogen and oxygen atoms in total. The van der Waals surface area contributed by atoms with Gasteiger partial charge in [-0.15, -0.1) is 0 Å². The monoisotopic (exact) mass is 305 g/mol. The Hall–Kier alpha value is -0.390. The smallest absolute Gasteiger partial charge is 0.214 e. The molecule has 16 heavy (non-hydrogen) atoms. The van der Waals surface area contributed by atoms with E-state index in [0.717, 1.165) is 10.0 Å². The fraction of sp³-hybridized carbons (Fsp3) is 0.455. The van der Waals surface area contributed by atoms with E-state index in [0.29, 0.717) is 0 Å². The predicted octanol–water partition coefficient (Wildman–Crippen LogP) is 2.65. The number of halogens is 1. The zero-order valence-electron chi connectivity index (χ0n) is 9.83. The van der Waals surface area contributed by atoms with Crippen molar-refractivity contribution in [1.82, 2.24) is 4.72 Å². The van der Waals surface area contributed by atoms with E-state index in [2.05, 4.69) is 20.7 Å². The summed E-state index contributed by atoms with van der Waals surface area (Å²) < 4.78 is 26.5. The molecule has 1 N–H and O–H groups in total. The Morgan fingerprint density at radius 2 is 1.75 bits per heavy atom. The van der Waals surface area contributed by atoms with E-state index in [4.69, 9.17) is 0 Å². The number of hydrogen-bond donors (Lipinski definition) is 1. The Morgan fingerprint density at radius 1 is 1.19 bits per heavy atom. The molecule has 0 bridgehead atoms.